The van der Waals surface area contributed by atoms with E-state index in [4.69, 9.17) is 10.6 Å². The third-order valence-electron chi connectivity index (χ3n) is 0.808. The van der Waals surface area contributed by atoms with Crippen LogP contribution in [0.1, 0.15) is 4.88 Å². The Hall–Kier alpha value is -0.810. The normalized spacial score (nSPS) is 9.44. The summed E-state index contributed by atoms with van der Waals surface area (Å²) in [5.41, 5.74) is 4.91. The molecule has 0 fully saturated rings. The van der Waals surface area contributed by atoms with Crippen molar-refractivity contribution in [2.24, 2.45) is 5.11 Å². The van der Waals surface area contributed by atoms with Crippen LogP contribution >= 0.6 is 11.3 Å². The van der Waals surface area contributed by atoms with Crippen LogP contribution in [0.5, 0.6) is 0 Å². The van der Waals surface area contributed by atoms with E-state index in [1.807, 2.05) is 0 Å². The number of aromatic nitrogens is 1. The van der Waals surface area contributed by atoms with Crippen LogP contribution in [0.4, 0.5) is 5.13 Å². The predicted octanol–water partition coefficient (Wildman–Crippen LogP) is -0.522. The number of aliphatic hydroxyl groups is 1. The predicted molar refractivity (Wildman–Crippen MR) is 32.1 cm³/mol. The van der Waals surface area contributed by atoms with Crippen molar-refractivity contribution < 1.29 is 10.6 Å². The number of nitrogens with two attached hydrogens (primary N) is 1. The van der Waals surface area contributed by atoms with E-state index in [0.717, 1.165) is 4.88 Å². The number of hydrogen-bond acceptors (Lipinski definition) is 4. The highest BCUT2D eigenvalue weighted by molar-refractivity contribution is 7.15. The van der Waals surface area contributed by atoms with Gasteiger partial charge in [0.25, 0.3) is 5.13 Å². The smallest absolute Gasteiger partial charge is 0.274 e. The largest absolute Gasteiger partial charge is 0.391 e. The Kier molecular flexibility index (Phi) is 1.86. The summed E-state index contributed by atoms with van der Waals surface area (Å²) in [4.78, 5) is 4.55. The van der Waals surface area contributed by atoms with Crippen LogP contribution in [0.3, 0.4) is 0 Å². The Labute approximate surface area is 55.7 Å². The van der Waals surface area contributed by atoms with Gasteiger partial charge in [0.05, 0.1) is 11.5 Å². The summed E-state index contributed by atoms with van der Waals surface area (Å²) < 4.78 is 0. The Bertz CT molecular complexity index is 209. The zero-order valence-electron chi connectivity index (χ0n) is 4.61. The van der Waals surface area contributed by atoms with Gasteiger partial charge in [-0.05, 0) is 0 Å². The fraction of sp³-hybridized carbons (Fsp3) is 0.250. The quantitative estimate of drug-likeness (QED) is 0.548. The first-order valence-corrected chi connectivity index (χ1v) is 3.15. The minimum Gasteiger partial charge on any atom is -0.391 e. The van der Waals surface area contributed by atoms with Crippen LogP contribution in [-0.2, 0) is 6.61 Å². The van der Waals surface area contributed by atoms with E-state index in [2.05, 4.69) is 10.1 Å². The topological polar surface area (TPSA) is 71.1 Å². The molecule has 1 aromatic heterocycles. The van der Waals surface area contributed by atoms with Gasteiger partial charge in [0.2, 0.25) is 0 Å². The highest BCUT2D eigenvalue weighted by Gasteiger charge is 1.98. The summed E-state index contributed by atoms with van der Waals surface area (Å²) in [7, 11) is 0. The van der Waals surface area contributed by atoms with Crippen molar-refractivity contribution in [3.63, 3.8) is 0 Å². The van der Waals surface area contributed by atoms with Gasteiger partial charge in [-0.3, -0.25) is 0 Å². The van der Waals surface area contributed by atoms with Gasteiger partial charge in [-0.25, -0.2) is 4.98 Å². The van der Waals surface area contributed by atoms with Gasteiger partial charge in [0.1, 0.15) is 0 Å². The average molecular weight is 144 g/mol. The van der Waals surface area contributed by atoms with Crippen molar-refractivity contribution in [2.45, 2.75) is 6.61 Å². The van der Waals surface area contributed by atoms with E-state index in [1.54, 1.807) is 6.20 Å². The second-order valence-electron chi connectivity index (χ2n) is 1.40. The third-order valence-corrected chi connectivity index (χ3v) is 1.70. The molecule has 0 aliphatic heterocycles. The van der Waals surface area contributed by atoms with Crippen molar-refractivity contribution in [3.8, 4) is 0 Å². The Morgan fingerprint density at radius 1 is 1.89 bits per heavy atom. The summed E-state index contributed by atoms with van der Waals surface area (Å²) in [6.45, 7) is 0.00713. The highest BCUT2D eigenvalue weighted by atomic mass is 32.1. The van der Waals surface area contributed by atoms with Gasteiger partial charge in [0, 0.05) is 11.3 Å². The second-order valence-corrected chi connectivity index (χ2v) is 2.49. The number of hydrogen-bond donors (Lipinski definition) is 2. The maximum absolute atomic E-state index is 8.53. The minimum absolute atomic E-state index is 0.00713. The SMILES string of the molecule is [NH2+]=Nc1ncc(CO)s1. The Morgan fingerprint density at radius 2 is 2.67 bits per heavy atom. The summed E-state index contributed by atoms with van der Waals surface area (Å²) in [5.74, 6) is 0. The third kappa shape index (κ3) is 1.30. The summed E-state index contributed by atoms with van der Waals surface area (Å²) >= 11 is 1.28. The van der Waals surface area contributed by atoms with Gasteiger partial charge in [0.15, 0.2) is 0 Å². The van der Waals surface area contributed by atoms with Crippen molar-refractivity contribution in [1.82, 2.24) is 4.98 Å². The lowest BCUT2D eigenvalue weighted by Gasteiger charge is -1.77. The first-order chi connectivity index (χ1) is 4.36. The van der Waals surface area contributed by atoms with E-state index in [-0.39, 0.29) is 6.61 Å². The number of thiazole rings is 1. The van der Waals surface area contributed by atoms with Gasteiger partial charge in [-0.15, -0.1) is 5.53 Å². The molecule has 0 saturated carbocycles. The molecular formula is C4H6N3OS+. The van der Waals surface area contributed by atoms with E-state index in [1.165, 1.54) is 11.3 Å². The summed E-state index contributed by atoms with van der Waals surface area (Å²) in [6, 6.07) is 0. The molecule has 5 heteroatoms. The van der Waals surface area contributed by atoms with Crippen molar-refractivity contribution in [3.05, 3.63) is 11.1 Å². The fourth-order valence-corrected chi connectivity index (χ4v) is 0.993. The van der Waals surface area contributed by atoms with E-state index in [0.29, 0.717) is 5.13 Å². The first kappa shape index (κ1) is 6.31. The first-order valence-electron chi connectivity index (χ1n) is 2.33. The van der Waals surface area contributed by atoms with E-state index < -0.39 is 0 Å². The van der Waals surface area contributed by atoms with E-state index in [9.17, 15) is 0 Å². The Balaban J connectivity index is 2.86. The lowest BCUT2D eigenvalue weighted by molar-refractivity contribution is -0.210. The molecule has 0 spiro atoms. The van der Waals surface area contributed by atoms with Crippen LogP contribution in [-0.4, -0.2) is 10.1 Å². The molecule has 9 heavy (non-hydrogen) atoms. The molecule has 0 amide bonds. The molecule has 0 radical (unpaired) electrons. The molecule has 1 heterocycles. The molecule has 48 valence electrons. The second kappa shape index (κ2) is 2.65. The van der Waals surface area contributed by atoms with Crippen molar-refractivity contribution in [2.75, 3.05) is 0 Å². The monoisotopic (exact) mass is 144 g/mol. The van der Waals surface area contributed by atoms with Gasteiger partial charge in [-0.2, -0.15) is 0 Å². The minimum atomic E-state index is 0.00713. The molecular weight excluding hydrogens is 138 g/mol. The van der Waals surface area contributed by atoms with Gasteiger partial charge >= 0.3 is 0 Å². The van der Waals surface area contributed by atoms with Crippen molar-refractivity contribution >= 4 is 16.5 Å². The van der Waals surface area contributed by atoms with Gasteiger partial charge in [-0.1, -0.05) is 11.3 Å². The molecule has 3 N–H and O–H groups in total. The number of rotatable bonds is 2. The molecule has 0 saturated heterocycles. The molecule has 1 rings (SSSR count). The molecule has 0 aliphatic carbocycles. The molecule has 0 unspecified atom stereocenters. The molecule has 0 aliphatic rings. The summed E-state index contributed by atoms with van der Waals surface area (Å²) in [5, 5.41) is 12.4. The van der Waals surface area contributed by atoms with Crippen LogP contribution in [0.15, 0.2) is 11.3 Å². The average Bonchev–Trinajstić information content (AvgIpc) is 2.34. The molecule has 4 nitrogen and oxygen atoms in total. The molecule has 0 atom stereocenters. The van der Waals surface area contributed by atoms with Crippen LogP contribution in [0, 0.1) is 0 Å². The lowest BCUT2D eigenvalue weighted by Crippen LogP contribution is -2.21. The Morgan fingerprint density at radius 3 is 3.00 bits per heavy atom. The molecule has 0 bridgehead atoms. The van der Waals surface area contributed by atoms with Gasteiger partial charge < -0.3 is 5.11 Å². The van der Waals surface area contributed by atoms with Crippen molar-refractivity contribution in [1.29, 1.82) is 0 Å². The maximum atomic E-state index is 8.53. The standard InChI is InChI=1S/C4H5N3OS/c5-7-4-6-1-3(2-8)9-4/h1,5,8H,2H2/p+1. The van der Waals surface area contributed by atoms with Crippen LogP contribution in [0.25, 0.3) is 0 Å². The zero-order chi connectivity index (χ0) is 6.69. The maximum Gasteiger partial charge on any atom is 0.274 e. The number of nitrogens with zero attached hydrogens (tertiary/aromatic N) is 2. The lowest BCUT2D eigenvalue weighted by atomic mass is 10.6. The zero-order valence-corrected chi connectivity index (χ0v) is 5.43. The molecule has 1 aromatic rings. The van der Waals surface area contributed by atoms with E-state index >= 15 is 0 Å². The van der Waals surface area contributed by atoms with Crippen LogP contribution < -0.4 is 5.53 Å². The highest BCUT2D eigenvalue weighted by Crippen LogP contribution is 2.18. The molecule has 0 aromatic carbocycles. The number of aliphatic hydroxyl groups excluding tert-OH is 1. The summed E-state index contributed by atoms with van der Waals surface area (Å²) in [6.07, 6.45) is 1.55. The fourth-order valence-electron chi connectivity index (χ4n) is 0.430. The van der Waals surface area contributed by atoms with Crippen LogP contribution in [0.2, 0.25) is 0 Å².